The summed E-state index contributed by atoms with van der Waals surface area (Å²) >= 11 is 0. The summed E-state index contributed by atoms with van der Waals surface area (Å²) in [6.45, 7) is 5.20. The van der Waals surface area contributed by atoms with Crippen molar-refractivity contribution in [3.63, 3.8) is 0 Å². The number of hydrogen-bond donors (Lipinski definition) is 2. The van der Waals surface area contributed by atoms with E-state index in [0.29, 0.717) is 6.04 Å². The Hall–Kier alpha value is -2.15. The molecule has 7 heteroatoms. The van der Waals surface area contributed by atoms with Gasteiger partial charge in [-0.1, -0.05) is 0 Å². The first-order valence-electron chi connectivity index (χ1n) is 8.24. The van der Waals surface area contributed by atoms with Crippen LogP contribution in [-0.2, 0) is 17.6 Å². The molecule has 0 spiro atoms. The first kappa shape index (κ1) is 14.4. The summed E-state index contributed by atoms with van der Waals surface area (Å²) in [5.74, 6) is 1.71. The zero-order chi connectivity index (χ0) is 15.6. The van der Waals surface area contributed by atoms with Gasteiger partial charge in [0, 0.05) is 43.0 Å². The van der Waals surface area contributed by atoms with E-state index in [2.05, 4.69) is 25.4 Å². The Balaban J connectivity index is 1.49. The molecule has 3 heterocycles. The molecule has 122 valence electrons. The highest BCUT2D eigenvalue weighted by Gasteiger charge is 2.21. The Morgan fingerprint density at radius 1 is 1.30 bits per heavy atom. The van der Waals surface area contributed by atoms with Gasteiger partial charge >= 0.3 is 0 Å². The quantitative estimate of drug-likeness (QED) is 0.889. The van der Waals surface area contributed by atoms with Crippen molar-refractivity contribution in [2.24, 2.45) is 0 Å². The summed E-state index contributed by atoms with van der Waals surface area (Å²) in [5.41, 5.74) is 3.57. The summed E-state index contributed by atoms with van der Waals surface area (Å²) in [4.78, 5) is 11.5. The van der Waals surface area contributed by atoms with E-state index in [0.717, 1.165) is 63.0 Å². The van der Waals surface area contributed by atoms with Crippen LogP contribution in [0.5, 0.6) is 0 Å². The molecule has 2 aromatic rings. The molecule has 1 fully saturated rings. The fourth-order valence-corrected chi connectivity index (χ4v) is 3.27. The molecule has 2 aromatic heterocycles. The van der Waals surface area contributed by atoms with Crippen molar-refractivity contribution in [2.75, 3.05) is 36.5 Å². The van der Waals surface area contributed by atoms with Gasteiger partial charge in [-0.25, -0.2) is 4.98 Å². The van der Waals surface area contributed by atoms with Crippen LogP contribution in [0.25, 0.3) is 0 Å². The van der Waals surface area contributed by atoms with Crippen molar-refractivity contribution in [3.8, 4) is 0 Å². The maximum absolute atomic E-state index is 5.41. The van der Waals surface area contributed by atoms with Gasteiger partial charge in [-0.15, -0.1) is 0 Å². The van der Waals surface area contributed by atoms with Crippen LogP contribution >= 0.6 is 0 Å². The van der Waals surface area contributed by atoms with E-state index in [1.165, 1.54) is 11.3 Å². The standard InChI is InChI=1S/C16H22N6O/c1-11-8-15(20-16(18-11)22-4-6-23-7-5-22)19-13-3-2-12-10-17-21-14(12)9-13/h8,10,13H,2-7,9H2,1H3,(H,17,21)(H,18,19,20). The highest BCUT2D eigenvalue weighted by Crippen LogP contribution is 2.22. The minimum atomic E-state index is 0.384. The number of anilines is 2. The molecule has 0 aromatic carbocycles. The third kappa shape index (κ3) is 3.14. The first-order chi connectivity index (χ1) is 11.3. The maximum atomic E-state index is 5.41. The Labute approximate surface area is 135 Å². The first-order valence-corrected chi connectivity index (χ1v) is 8.24. The number of H-pyrrole nitrogens is 1. The summed E-state index contributed by atoms with van der Waals surface area (Å²) < 4.78 is 5.41. The lowest BCUT2D eigenvalue weighted by atomic mass is 9.94. The van der Waals surface area contributed by atoms with E-state index in [4.69, 9.17) is 9.72 Å². The van der Waals surface area contributed by atoms with Crippen molar-refractivity contribution in [1.29, 1.82) is 0 Å². The van der Waals surface area contributed by atoms with E-state index in [1.54, 1.807) is 0 Å². The van der Waals surface area contributed by atoms with Gasteiger partial charge in [0.2, 0.25) is 5.95 Å². The molecule has 0 amide bonds. The van der Waals surface area contributed by atoms with Crippen LogP contribution in [0.2, 0.25) is 0 Å². The van der Waals surface area contributed by atoms with Gasteiger partial charge in [0.25, 0.3) is 0 Å². The Kier molecular flexibility index (Phi) is 3.87. The van der Waals surface area contributed by atoms with E-state index in [9.17, 15) is 0 Å². The van der Waals surface area contributed by atoms with Gasteiger partial charge in [0.15, 0.2) is 0 Å². The number of nitrogens with one attached hydrogen (secondary N) is 2. The Morgan fingerprint density at radius 2 is 2.17 bits per heavy atom. The second-order valence-corrected chi connectivity index (χ2v) is 6.25. The predicted octanol–water partition coefficient (Wildman–Crippen LogP) is 1.31. The molecule has 7 nitrogen and oxygen atoms in total. The summed E-state index contributed by atoms with van der Waals surface area (Å²) in [5, 5.41) is 10.8. The van der Waals surface area contributed by atoms with Crippen LogP contribution in [0.3, 0.4) is 0 Å². The number of rotatable bonds is 3. The van der Waals surface area contributed by atoms with Gasteiger partial charge < -0.3 is 15.0 Å². The van der Waals surface area contributed by atoms with E-state index in [1.807, 2.05) is 19.2 Å². The van der Waals surface area contributed by atoms with Crippen molar-refractivity contribution >= 4 is 11.8 Å². The van der Waals surface area contributed by atoms with Gasteiger partial charge in [-0.2, -0.15) is 10.1 Å². The number of fused-ring (bicyclic) bond motifs is 1. The Bertz CT molecular complexity index is 679. The largest absolute Gasteiger partial charge is 0.378 e. The summed E-state index contributed by atoms with van der Waals surface area (Å²) in [7, 11) is 0. The molecule has 0 bridgehead atoms. The van der Waals surface area contributed by atoms with E-state index >= 15 is 0 Å². The third-order valence-corrected chi connectivity index (χ3v) is 4.51. The number of nitrogens with zero attached hydrogens (tertiary/aromatic N) is 4. The molecule has 2 aliphatic rings. The SMILES string of the molecule is Cc1cc(NC2CCc3cn[nH]c3C2)nc(N2CCOCC2)n1. The van der Waals surface area contributed by atoms with Crippen LogP contribution in [0.1, 0.15) is 23.4 Å². The average Bonchev–Trinajstić information content (AvgIpc) is 3.03. The minimum absolute atomic E-state index is 0.384. The number of hydrogen-bond acceptors (Lipinski definition) is 6. The minimum Gasteiger partial charge on any atom is -0.378 e. The lowest BCUT2D eigenvalue weighted by Gasteiger charge is -2.28. The number of ether oxygens (including phenoxy) is 1. The van der Waals surface area contributed by atoms with Crippen molar-refractivity contribution < 1.29 is 4.74 Å². The summed E-state index contributed by atoms with van der Waals surface area (Å²) in [6.07, 6.45) is 5.06. The third-order valence-electron chi connectivity index (χ3n) is 4.51. The maximum Gasteiger partial charge on any atom is 0.227 e. The van der Waals surface area contributed by atoms with Crippen molar-refractivity contribution in [1.82, 2.24) is 20.2 Å². The second-order valence-electron chi connectivity index (χ2n) is 6.25. The fourth-order valence-electron chi connectivity index (χ4n) is 3.27. The normalized spacial score (nSPS) is 21.1. The van der Waals surface area contributed by atoms with Crippen LogP contribution < -0.4 is 10.2 Å². The summed E-state index contributed by atoms with van der Waals surface area (Å²) in [6, 6.07) is 2.40. The lowest BCUT2D eigenvalue weighted by Crippen LogP contribution is -2.37. The molecule has 0 radical (unpaired) electrons. The van der Waals surface area contributed by atoms with E-state index in [-0.39, 0.29) is 0 Å². The second kappa shape index (κ2) is 6.16. The lowest BCUT2D eigenvalue weighted by molar-refractivity contribution is 0.122. The van der Waals surface area contributed by atoms with Gasteiger partial charge in [0.05, 0.1) is 19.4 Å². The molecule has 4 rings (SSSR count). The number of aryl methyl sites for hydroxylation is 2. The average molecular weight is 314 g/mol. The molecule has 1 aliphatic heterocycles. The zero-order valence-electron chi connectivity index (χ0n) is 13.4. The van der Waals surface area contributed by atoms with Crippen LogP contribution in [0.15, 0.2) is 12.3 Å². The van der Waals surface area contributed by atoms with Crippen LogP contribution in [0, 0.1) is 6.92 Å². The molecule has 23 heavy (non-hydrogen) atoms. The molecular weight excluding hydrogens is 292 g/mol. The van der Waals surface area contributed by atoms with Crippen LogP contribution in [-0.4, -0.2) is 52.5 Å². The van der Waals surface area contributed by atoms with Gasteiger partial charge in [-0.3, -0.25) is 5.10 Å². The smallest absolute Gasteiger partial charge is 0.227 e. The molecule has 1 saturated heterocycles. The number of aromatic amines is 1. The molecule has 1 atom stereocenters. The molecule has 2 N–H and O–H groups in total. The van der Waals surface area contributed by atoms with Gasteiger partial charge in [-0.05, 0) is 25.3 Å². The monoisotopic (exact) mass is 314 g/mol. The zero-order valence-corrected chi connectivity index (χ0v) is 13.4. The topological polar surface area (TPSA) is 79.0 Å². The van der Waals surface area contributed by atoms with Crippen molar-refractivity contribution in [2.45, 2.75) is 32.2 Å². The van der Waals surface area contributed by atoms with Gasteiger partial charge in [0.1, 0.15) is 5.82 Å². The van der Waals surface area contributed by atoms with Crippen LogP contribution in [0.4, 0.5) is 11.8 Å². The van der Waals surface area contributed by atoms with E-state index < -0.39 is 0 Å². The van der Waals surface area contributed by atoms with Crippen molar-refractivity contribution in [3.05, 3.63) is 29.2 Å². The predicted molar refractivity (Wildman–Crippen MR) is 87.8 cm³/mol. The Morgan fingerprint density at radius 3 is 3.04 bits per heavy atom. The molecule has 1 aliphatic carbocycles. The number of aromatic nitrogens is 4. The highest BCUT2D eigenvalue weighted by molar-refractivity contribution is 5.45. The fraction of sp³-hybridized carbons (Fsp3) is 0.562. The molecule has 1 unspecified atom stereocenters. The number of morpholine rings is 1. The molecule has 0 saturated carbocycles. The highest BCUT2D eigenvalue weighted by atomic mass is 16.5. The molecular formula is C16H22N6O.